The van der Waals surface area contributed by atoms with E-state index in [2.05, 4.69) is 74.8 Å². The van der Waals surface area contributed by atoms with Crippen molar-refractivity contribution in [1.82, 2.24) is 9.80 Å². The van der Waals surface area contributed by atoms with Gasteiger partial charge in [-0.05, 0) is 38.8 Å². The van der Waals surface area contributed by atoms with Crippen LogP contribution in [0.25, 0.3) is 0 Å². The van der Waals surface area contributed by atoms with Crippen LogP contribution in [0.1, 0.15) is 33.3 Å². The lowest BCUT2D eigenvalue weighted by molar-refractivity contribution is -0.131. The Morgan fingerprint density at radius 2 is 1.69 bits per heavy atom. The van der Waals surface area contributed by atoms with E-state index in [1.54, 1.807) is 0 Å². The van der Waals surface area contributed by atoms with Gasteiger partial charge in [0, 0.05) is 37.9 Å². The summed E-state index contributed by atoms with van der Waals surface area (Å²) in [4.78, 5) is 19.1. The van der Waals surface area contributed by atoms with Crippen molar-refractivity contribution in [2.24, 2.45) is 5.92 Å². The van der Waals surface area contributed by atoms with Crippen LogP contribution in [0, 0.1) is 24.2 Å². The number of hydrogen-bond donors (Lipinski definition) is 0. The fraction of sp³-hybridized carbons (Fsp3) is 0.619. The summed E-state index contributed by atoms with van der Waals surface area (Å²) in [6.45, 7) is 13.8. The molecule has 1 aromatic rings. The minimum Gasteiger partial charge on any atom is -0.360 e. The zero-order valence-electron chi connectivity index (χ0n) is 16.8. The van der Waals surface area contributed by atoms with E-state index in [1.165, 1.54) is 5.56 Å². The number of piperazine rings is 1. The minimum atomic E-state index is -0.0630. The number of amides is 1. The molecule has 5 nitrogen and oxygen atoms in total. The second kappa shape index (κ2) is 9.05. The molecule has 1 aromatic carbocycles. The van der Waals surface area contributed by atoms with Crippen molar-refractivity contribution in [1.29, 1.82) is 5.26 Å². The lowest BCUT2D eigenvalue weighted by atomic mass is 10.0. The summed E-state index contributed by atoms with van der Waals surface area (Å²) in [5, 5.41) is 9.37. The quantitative estimate of drug-likeness (QED) is 0.786. The average molecular weight is 357 g/mol. The highest BCUT2D eigenvalue weighted by atomic mass is 16.2. The van der Waals surface area contributed by atoms with Crippen molar-refractivity contribution in [3.05, 3.63) is 29.8 Å². The van der Waals surface area contributed by atoms with E-state index >= 15 is 0 Å². The highest BCUT2D eigenvalue weighted by molar-refractivity contribution is 5.81. The minimum absolute atomic E-state index is 0.0630. The lowest BCUT2D eigenvalue weighted by Gasteiger charge is -2.39. The van der Waals surface area contributed by atoms with Crippen LogP contribution in [0.2, 0.25) is 0 Å². The molecule has 0 aromatic heterocycles. The zero-order chi connectivity index (χ0) is 19.3. The van der Waals surface area contributed by atoms with Crippen molar-refractivity contribution in [3.8, 4) is 6.07 Å². The monoisotopic (exact) mass is 356 g/mol. The fourth-order valence-electron chi connectivity index (χ4n) is 3.46. The molecule has 0 spiro atoms. The van der Waals surface area contributed by atoms with Gasteiger partial charge in [-0.25, -0.2) is 0 Å². The first kappa shape index (κ1) is 20.3. The third-order valence-electron chi connectivity index (χ3n) is 5.12. The highest BCUT2D eigenvalue weighted by Gasteiger charge is 2.28. The van der Waals surface area contributed by atoms with E-state index in [0.29, 0.717) is 25.6 Å². The Balaban J connectivity index is 1.97. The van der Waals surface area contributed by atoms with E-state index in [1.807, 2.05) is 4.90 Å². The van der Waals surface area contributed by atoms with Crippen LogP contribution >= 0.6 is 0 Å². The summed E-state index contributed by atoms with van der Waals surface area (Å²) >= 11 is 0. The number of hydrogen-bond acceptors (Lipinski definition) is 4. The van der Waals surface area contributed by atoms with Gasteiger partial charge in [0.1, 0.15) is 6.04 Å². The maximum atomic E-state index is 12.8. The van der Waals surface area contributed by atoms with Crippen LogP contribution in [0.4, 0.5) is 5.69 Å². The van der Waals surface area contributed by atoms with Gasteiger partial charge in [0.15, 0.2) is 0 Å². The first-order valence-electron chi connectivity index (χ1n) is 9.58. The Morgan fingerprint density at radius 1 is 1.12 bits per heavy atom. The van der Waals surface area contributed by atoms with Gasteiger partial charge in [0.05, 0.1) is 12.6 Å². The molecule has 142 valence electrons. The maximum Gasteiger partial charge on any atom is 0.242 e. The fourth-order valence-corrected chi connectivity index (χ4v) is 3.46. The number of nitrogens with zero attached hydrogens (tertiary/aromatic N) is 4. The zero-order valence-corrected chi connectivity index (χ0v) is 16.8. The first-order valence-corrected chi connectivity index (χ1v) is 9.58. The van der Waals surface area contributed by atoms with E-state index < -0.39 is 0 Å². The van der Waals surface area contributed by atoms with Crippen LogP contribution in [0.3, 0.4) is 0 Å². The molecule has 1 aliphatic heterocycles. The molecule has 1 aliphatic rings. The molecule has 1 atom stereocenters. The third kappa shape index (κ3) is 4.98. The highest BCUT2D eigenvalue weighted by Crippen LogP contribution is 2.19. The average Bonchev–Trinajstić information content (AvgIpc) is 2.61. The van der Waals surface area contributed by atoms with E-state index in [0.717, 1.165) is 18.8 Å². The summed E-state index contributed by atoms with van der Waals surface area (Å²) in [5.74, 6) is 0.470. The summed E-state index contributed by atoms with van der Waals surface area (Å²) in [7, 11) is 0. The van der Waals surface area contributed by atoms with Crippen LogP contribution < -0.4 is 4.90 Å². The molecule has 2 rings (SSSR count). The normalized spacial score (nSPS) is 16.6. The summed E-state index contributed by atoms with van der Waals surface area (Å²) < 4.78 is 0. The Morgan fingerprint density at radius 3 is 2.15 bits per heavy atom. The van der Waals surface area contributed by atoms with E-state index in [-0.39, 0.29) is 18.0 Å². The first-order chi connectivity index (χ1) is 12.3. The van der Waals surface area contributed by atoms with Gasteiger partial charge in [0.2, 0.25) is 5.91 Å². The van der Waals surface area contributed by atoms with Crippen LogP contribution in [0.5, 0.6) is 0 Å². The lowest BCUT2D eigenvalue weighted by Crippen LogP contribution is -2.54. The van der Waals surface area contributed by atoms with Gasteiger partial charge in [-0.1, -0.05) is 31.5 Å². The van der Waals surface area contributed by atoms with Gasteiger partial charge < -0.3 is 9.80 Å². The Kier molecular flexibility index (Phi) is 7.05. The largest absolute Gasteiger partial charge is 0.360 e. The number of carbonyl (C=O) groups is 1. The Labute approximate surface area is 158 Å². The van der Waals surface area contributed by atoms with E-state index in [9.17, 15) is 10.1 Å². The molecule has 0 unspecified atom stereocenters. The second-order valence-electron chi connectivity index (χ2n) is 7.79. The molecule has 1 amide bonds. The standard InChI is InChI=1S/C21H32N4O/c1-16(2)20(14-22)23-10-12-24(13-11-23)21(26)15-25(17(3)4)19-8-6-18(5)7-9-19/h6-9,16-17,20H,10-13,15H2,1-5H3/t20-/m0/s1. The van der Waals surface area contributed by atoms with Crippen LogP contribution in [0.15, 0.2) is 24.3 Å². The number of nitriles is 1. The van der Waals surface area contributed by atoms with Gasteiger partial charge in [-0.2, -0.15) is 5.26 Å². The van der Waals surface area contributed by atoms with Crippen LogP contribution in [-0.4, -0.2) is 60.5 Å². The number of rotatable bonds is 6. The third-order valence-corrected chi connectivity index (χ3v) is 5.12. The van der Waals surface area contributed by atoms with Crippen molar-refractivity contribution in [3.63, 3.8) is 0 Å². The number of benzene rings is 1. The molecule has 5 heteroatoms. The topological polar surface area (TPSA) is 50.6 Å². The van der Waals surface area contributed by atoms with Crippen LogP contribution in [-0.2, 0) is 4.79 Å². The molecule has 0 saturated carbocycles. The van der Waals surface area contributed by atoms with Crippen molar-refractivity contribution in [2.45, 2.75) is 46.7 Å². The molecule has 0 aliphatic carbocycles. The molecular formula is C21H32N4O. The summed E-state index contributed by atoms with van der Waals surface area (Å²) in [6.07, 6.45) is 0. The van der Waals surface area contributed by atoms with Crippen molar-refractivity contribution >= 4 is 11.6 Å². The molecule has 1 fully saturated rings. The summed E-state index contributed by atoms with van der Waals surface area (Å²) in [6, 6.07) is 10.9. The number of carbonyl (C=O) groups excluding carboxylic acids is 1. The SMILES string of the molecule is Cc1ccc(N(CC(=O)N2CCN([C@@H](C#N)C(C)C)CC2)C(C)C)cc1. The second-order valence-corrected chi connectivity index (χ2v) is 7.79. The Bertz CT molecular complexity index is 624. The van der Waals surface area contributed by atoms with E-state index in [4.69, 9.17) is 0 Å². The predicted molar refractivity (Wildman–Crippen MR) is 106 cm³/mol. The van der Waals surface area contributed by atoms with Gasteiger partial charge in [-0.3, -0.25) is 9.69 Å². The van der Waals surface area contributed by atoms with Gasteiger partial charge >= 0.3 is 0 Å². The maximum absolute atomic E-state index is 12.8. The molecule has 26 heavy (non-hydrogen) atoms. The Hall–Kier alpha value is -2.06. The molecule has 0 bridgehead atoms. The molecule has 0 N–H and O–H groups in total. The molecule has 1 saturated heterocycles. The number of aryl methyl sites for hydroxylation is 1. The van der Waals surface area contributed by atoms with Crippen molar-refractivity contribution in [2.75, 3.05) is 37.6 Å². The molecule has 0 radical (unpaired) electrons. The summed E-state index contributed by atoms with van der Waals surface area (Å²) in [5.41, 5.74) is 2.30. The number of anilines is 1. The van der Waals surface area contributed by atoms with Gasteiger partial charge in [0.25, 0.3) is 0 Å². The smallest absolute Gasteiger partial charge is 0.242 e. The predicted octanol–water partition coefficient (Wildman–Crippen LogP) is 2.90. The van der Waals surface area contributed by atoms with Gasteiger partial charge in [-0.15, -0.1) is 0 Å². The molecular weight excluding hydrogens is 324 g/mol. The van der Waals surface area contributed by atoms with Crippen molar-refractivity contribution < 1.29 is 4.79 Å². The molecule has 1 heterocycles.